The third-order valence-electron chi connectivity index (χ3n) is 10.4. The Bertz CT molecular complexity index is 1800. The number of nitrogens with one attached hydrogen (secondary N) is 2. The first-order valence-corrected chi connectivity index (χ1v) is 21.1. The Morgan fingerprint density at radius 1 is 0.690 bits per heavy atom. The number of hydrogen-bond acceptors (Lipinski definition) is 7. The highest BCUT2D eigenvalue weighted by molar-refractivity contribution is 6.00. The van der Waals surface area contributed by atoms with E-state index in [-0.39, 0.29) is 43.3 Å². The molecule has 0 saturated heterocycles. The molecule has 4 bridgehead atoms. The van der Waals surface area contributed by atoms with E-state index in [0.717, 1.165) is 30.4 Å². The van der Waals surface area contributed by atoms with Crippen molar-refractivity contribution in [3.63, 3.8) is 0 Å². The van der Waals surface area contributed by atoms with Gasteiger partial charge < -0.3 is 34.6 Å². The van der Waals surface area contributed by atoms with Crippen LogP contribution in [0.4, 0.5) is 0 Å². The summed E-state index contributed by atoms with van der Waals surface area (Å²) in [5.74, 6) is -0.0508. The SMILES string of the molecule is CCCCCCCCCCCCNC(=O)C(c1cc(OC)c(OC)c(OC)c1)N1CCCCN(CC(=O)NC(C)(C)C)C(=O)c2cccc(c2)-c2cccc(c2)C1=O. The van der Waals surface area contributed by atoms with E-state index < -0.39 is 11.6 Å². The van der Waals surface area contributed by atoms with E-state index in [1.165, 1.54) is 66.3 Å². The molecule has 4 amide bonds. The maximum atomic E-state index is 14.9. The van der Waals surface area contributed by atoms with E-state index in [0.29, 0.717) is 53.3 Å². The molecule has 3 aromatic carbocycles. The van der Waals surface area contributed by atoms with Crippen LogP contribution in [0.25, 0.3) is 11.1 Å². The van der Waals surface area contributed by atoms with Crippen molar-refractivity contribution in [3.8, 4) is 28.4 Å². The molecule has 0 radical (unpaired) electrons. The predicted octanol–water partition coefficient (Wildman–Crippen LogP) is 8.75. The molecule has 1 aliphatic rings. The van der Waals surface area contributed by atoms with Gasteiger partial charge in [0.15, 0.2) is 11.5 Å². The minimum Gasteiger partial charge on any atom is -0.493 e. The van der Waals surface area contributed by atoms with E-state index >= 15 is 0 Å². The molecule has 0 aliphatic carbocycles. The summed E-state index contributed by atoms with van der Waals surface area (Å²) < 4.78 is 17.0. The van der Waals surface area contributed by atoms with Gasteiger partial charge in [-0.1, -0.05) is 89.0 Å². The number of nitrogens with zero attached hydrogens (tertiary/aromatic N) is 2. The van der Waals surface area contributed by atoms with Gasteiger partial charge in [-0.3, -0.25) is 19.2 Å². The zero-order valence-corrected chi connectivity index (χ0v) is 35.9. The third kappa shape index (κ3) is 13.2. The van der Waals surface area contributed by atoms with E-state index in [2.05, 4.69) is 17.6 Å². The molecule has 4 rings (SSSR count). The lowest BCUT2D eigenvalue weighted by atomic mass is 9.98. The van der Waals surface area contributed by atoms with E-state index in [1.807, 2.05) is 45.0 Å². The molecule has 0 saturated carbocycles. The number of rotatable bonds is 19. The molecule has 11 heteroatoms. The first-order valence-electron chi connectivity index (χ1n) is 21.1. The Morgan fingerprint density at radius 3 is 1.74 bits per heavy atom. The van der Waals surface area contributed by atoms with Crippen LogP contribution in [0.1, 0.15) is 137 Å². The fraction of sp³-hybridized carbons (Fsp3) is 0.532. The summed E-state index contributed by atoms with van der Waals surface area (Å²) in [5.41, 5.74) is 2.39. The molecule has 58 heavy (non-hydrogen) atoms. The number of hydrogen-bond donors (Lipinski definition) is 2. The number of unbranched alkanes of at least 4 members (excludes halogenated alkanes) is 9. The van der Waals surface area contributed by atoms with Crippen molar-refractivity contribution in [1.29, 1.82) is 0 Å². The molecular weight excluding hydrogens is 733 g/mol. The van der Waals surface area contributed by atoms with Crippen molar-refractivity contribution < 1.29 is 33.4 Å². The van der Waals surface area contributed by atoms with Gasteiger partial charge in [0.25, 0.3) is 11.8 Å². The van der Waals surface area contributed by atoms with E-state index in [4.69, 9.17) is 14.2 Å². The molecule has 0 spiro atoms. The lowest BCUT2D eigenvalue weighted by Gasteiger charge is -2.33. The maximum Gasteiger partial charge on any atom is 0.254 e. The Morgan fingerprint density at radius 2 is 1.21 bits per heavy atom. The van der Waals surface area contributed by atoms with Gasteiger partial charge >= 0.3 is 0 Å². The smallest absolute Gasteiger partial charge is 0.254 e. The molecule has 11 nitrogen and oxygen atoms in total. The van der Waals surface area contributed by atoms with Gasteiger partial charge in [-0.15, -0.1) is 0 Å². The van der Waals surface area contributed by atoms with Crippen LogP contribution in [0, 0.1) is 0 Å². The van der Waals surface area contributed by atoms with Gasteiger partial charge in [-0.25, -0.2) is 0 Å². The van der Waals surface area contributed by atoms with Crippen molar-refractivity contribution >= 4 is 23.6 Å². The Hall–Kier alpha value is -5.06. The van der Waals surface area contributed by atoms with Gasteiger partial charge in [-0.2, -0.15) is 0 Å². The molecular formula is C47H66N4O7. The van der Waals surface area contributed by atoms with Crippen LogP contribution in [-0.2, 0) is 9.59 Å². The number of fused-ring (bicyclic) bond motifs is 5. The molecule has 1 unspecified atom stereocenters. The minimum absolute atomic E-state index is 0.117. The van der Waals surface area contributed by atoms with Crippen LogP contribution in [0.2, 0.25) is 0 Å². The van der Waals surface area contributed by atoms with E-state index in [1.54, 1.807) is 46.2 Å². The number of benzene rings is 3. The fourth-order valence-electron chi connectivity index (χ4n) is 7.48. The summed E-state index contributed by atoms with van der Waals surface area (Å²) in [6.07, 6.45) is 12.7. The van der Waals surface area contributed by atoms with Crippen molar-refractivity contribution in [3.05, 3.63) is 77.4 Å². The van der Waals surface area contributed by atoms with Crippen LogP contribution in [0.15, 0.2) is 60.7 Å². The Kier molecular flexibility index (Phi) is 17.9. The quantitative estimate of drug-likeness (QED) is 0.116. The summed E-state index contributed by atoms with van der Waals surface area (Å²) in [6, 6.07) is 16.9. The highest BCUT2D eigenvalue weighted by Gasteiger charge is 2.34. The predicted molar refractivity (Wildman–Crippen MR) is 230 cm³/mol. The first-order chi connectivity index (χ1) is 27.9. The molecule has 0 aromatic heterocycles. The highest BCUT2D eigenvalue weighted by Crippen LogP contribution is 2.41. The number of carbonyl (C=O) groups excluding carboxylic acids is 4. The zero-order valence-electron chi connectivity index (χ0n) is 35.9. The maximum absolute atomic E-state index is 14.9. The number of amides is 4. The summed E-state index contributed by atoms with van der Waals surface area (Å²) >= 11 is 0. The van der Waals surface area contributed by atoms with E-state index in [9.17, 15) is 19.2 Å². The molecule has 1 aliphatic heterocycles. The third-order valence-corrected chi connectivity index (χ3v) is 10.4. The first kappa shape index (κ1) is 45.6. The largest absolute Gasteiger partial charge is 0.493 e. The summed E-state index contributed by atoms with van der Waals surface area (Å²) in [5, 5.41) is 6.12. The van der Waals surface area contributed by atoms with Gasteiger partial charge in [-0.05, 0) is 93.1 Å². The zero-order chi connectivity index (χ0) is 42.1. The van der Waals surface area contributed by atoms with Crippen LogP contribution < -0.4 is 24.8 Å². The second kappa shape index (κ2) is 22.8. The summed E-state index contributed by atoms with van der Waals surface area (Å²) in [6.45, 7) is 8.75. The second-order valence-corrected chi connectivity index (χ2v) is 16.2. The topological polar surface area (TPSA) is 127 Å². The van der Waals surface area contributed by atoms with Gasteiger partial charge in [0.2, 0.25) is 17.6 Å². The van der Waals surface area contributed by atoms with Crippen molar-refractivity contribution in [1.82, 2.24) is 20.4 Å². The highest BCUT2D eigenvalue weighted by atomic mass is 16.5. The molecule has 3 aromatic rings. The minimum atomic E-state index is -1.06. The molecule has 1 heterocycles. The molecule has 1 atom stereocenters. The number of ether oxygens (including phenoxy) is 3. The van der Waals surface area contributed by atoms with Gasteiger partial charge in [0, 0.05) is 36.3 Å². The van der Waals surface area contributed by atoms with Crippen LogP contribution in [-0.4, -0.2) is 86.5 Å². The lowest BCUT2D eigenvalue weighted by molar-refractivity contribution is -0.126. The van der Waals surface area contributed by atoms with Gasteiger partial charge in [0.05, 0.1) is 27.9 Å². The van der Waals surface area contributed by atoms with Crippen molar-refractivity contribution in [2.75, 3.05) is 47.5 Å². The van der Waals surface area contributed by atoms with Crippen LogP contribution >= 0.6 is 0 Å². The van der Waals surface area contributed by atoms with Crippen LogP contribution in [0.3, 0.4) is 0 Å². The Labute approximate surface area is 346 Å². The molecule has 2 N–H and O–H groups in total. The van der Waals surface area contributed by atoms with Crippen LogP contribution in [0.5, 0.6) is 17.2 Å². The van der Waals surface area contributed by atoms with Crippen molar-refractivity contribution in [2.24, 2.45) is 0 Å². The standard InChI is InChI=1S/C47H66N4O7/c1-8-9-10-11-12-13-14-15-16-17-26-48-44(53)42(38-31-39(56-5)43(58-7)40(32-38)57-6)51-28-19-18-27-50(33-41(52)49-47(2,3)4)45(54)36-24-20-22-34(29-36)35-23-21-25-37(30-35)46(51)55/h20-25,29-32,42H,8-19,26-28,33H2,1-7H3,(H,48,53)(H,49,52). The normalized spacial score (nSPS) is 14.1. The average Bonchev–Trinajstić information content (AvgIpc) is 3.21. The van der Waals surface area contributed by atoms with Gasteiger partial charge in [0.1, 0.15) is 6.04 Å². The number of carbonyl (C=O) groups is 4. The molecule has 0 fully saturated rings. The summed E-state index contributed by atoms with van der Waals surface area (Å²) in [4.78, 5) is 59.7. The molecule has 316 valence electrons. The second-order valence-electron chi connectivity index (χ2n) is 16.2. The van der Waals surface area contributed by atoms with Crippen molar-refractivity contribution in [2.45, 2.75) is 116 Å². The fourth-order valence-corrected chi connectivity index (χ4v) is 7.48. The Balaban J connectivity index is 1.68. The average molecular weight is 799 g/mol. The number of methoxy groups -OCH3 is 3. The lowest BCUT2D eigenvalue weighted by Crippen LogP contribution is -2.47. The summed E-state index contributed by atoms with van der Waals surface area (Å²) in [7, 11) is 4.55. The monoisotopic (exact) mass is 798 g/mol.